The minimum Gasteiger partial charge on any atom is -0.488 e. The van der Waals surface area contributed by atoms with Crippen molar-refractivity contribution in [3.05, 3.63) is 93.7 Å². The molecule has 0 spiro atoms. The van der Waals surface area contributed by atoms with E-state index in [0.29, 0.717) is 17.9 Å². The van der Waals surface area contributed by atoms with E-state index >= 15 is 0 Å². The summed E-state index contributed by atoms with van der Waals surface area (Å²) in [5.74, 6) is 0.130. The number of carbonyl (C=O) groups is 1. The van der Waals surface area contributed by atoms with Crippen LogP contribution in [0.15, 0.2) is 76.3 Å². The van der Waals surface area contributed by atoms with Gasteiger partial charge in [-0.15, -0.1) is 0 Å². The van der Waals surface area contributed by atoms with E-state index in [2.05, 4.69) is 31.4 Å². The molecule has 3 aromatic rings. The molecule has 7 heteroatoms. The highest BCUT2D eigenvalue weighted by atomic mass is 79.9. The quantitative estimate of drug-likeness (QED) is 0.346. The lowest BCUT2D eigenvalue weighted by Crippen LogP contribution is -2.19. The number of nitrogens with one attached hydrogen (secondary N) is 1. The number of hydrazone groups is 1. The molecule has 1 heterocycles. The Kier molecular flexibility index (Phi) is 7.17. The third-order valence-corrected chi connectivity index (χ3v) is 5.86. The molecule has 1 saturated heterocycles. The van der Waals surface area contributed by atoms with Crippen LogP contribution >= 0.6 is 15.9 Å². The second-order valence-electron chi connectivity index (χ2n) is 7.55. The molecule has 3 aromatic carbocycles. The molecule has 164 valence electrons. The first-order chi connectivity index (χ1) is 15.6. The predicted octanol–water partition coefficient (Wildman–Crippen LogP) is 5.53. The third kappa shape index (κ3) is 5.73. The molecular weight excluding hydrogens is 473 g/mol. The van der Waals surface area contributed by atoms with Crippen LogP contribution in [0.25, 0.3) is 0 Å². The van der Waals surface area contributed by atoms with Gasteiger partial charge in [-0.25, -0.2) is 9.82 Å². The number of amides is 1. The maximum Gasteiger partial charge on any atom is 0.271 e. The van der Waals surface area contributed by atoms with Crippen LogP contribution in [0.1, 0.15) is 34.3 Å². The van der Waals surface area contributed by atoms with Crippen molar-refractivity contribution in [2.45, 2.75) is 19.4 Å². The second-order valence-corrected chi connectivity index (χ2v) is 8.40. The second kappa shape index (κ2) is 10.4. The summed E-state index contributed by atoms with van der Waals surface area (Å²) < 4.78 is 19.5. The van der Waals surface area contributed by atoms with E-state index < -0.39 is 0 Å². The Bertz CT molecular complexity index is 1100. The first-order valence-corrected chi connectivity index (χ1v) is 11.2. The summed E-state index contributed by atoms with van der Waals surface area (Å²) in [5.41, 5.74) is 5.95. The van der Waals surface area contributed by atoms with Gasteiger partial charge in [0.05, 0.1) is 10.7 Å². The van der Waals surface area contributed by atoms with Gasteiger partial charge >= 0.3 is 0 Å². The third-order valence-electron chi connectivity index (χ3n) is 5.24. The number of carbonyl (C=O) groups excluding carboxylic acids is 1. The molecule has 1 fully saturated rings. The van der Waals surface area contributed by atoms with Crippen LogP contribution in [0.2, 0.25) is 0 Å². The lowest BCUT2D eigenvalue weighted by Gasteiger charge is -2.17. The minimum atomic E-state index is -0.273. The van der Waals surface area contributed by atoms with Crippen LogP contribution in [0.4, 0.5) is 10.1 Å². The van der Waals surface area contributed by atoms with Gasteiger partial charge in [-0.2, -0.15) is 5.10 Å². The van der Waals surface area contributed by atoms with Gasteiger partial charge in [0.1, 0.15) is 18.2 Å². The van der Waals surface area contributed by atoms with Gasteiger partial charge in [0.25, 0.3) is 5.91 Å². The number of ether oxygens (including phenoxy) is 1. The molecule has 5 nitrogen and oxygen atoms in total. The van der Waals surface area contributed by atoms with Gasteiger partial charge in [-0.05, 0) is 94.5 Å². The van der Waals surface area contributed by atoms with Crippen molar-refractivity contribution >= 4 is 33.7 Å². The number of halogens is 2. The summed E-state index contributed by atoms with van der Waals surface area (Å²) in [7, 11) is 0. The van der Waals surface area contributed by atoms with E-state index in [0.717, 1.165) is 34.4 Å². The zero-order valence-corrected chi connectivity index (χ0v) is 19.0. The molecular formula is C25H23BrFN3O2. The summed E-state index contributed by atoms with van der Waals surface area (Å²) in [5, 5.41) is 4.06. The molecule has 0 saturated carbocycles. The number of hydrogen-bond acceptors (Lipinski definition) is 4. The van der Waals surface area contributed by atoms with Crippen LogP contribution in [-0.4, -0.2) is 25.2 Å². The van der Waals surface area contributed by atoms with Gasteiger partial charge in [0.2, 0.25) is 0 Å². The van der Waals surface area contributed by atoms with E-state index in [-0.39, 0.29) is 11.7 Å². The number of rotatable bonds is 7. The van der Waals surface area contributed by atoms with Crippen molar-refractivity contribution in [2.75, 3.05) is 18.0 Å². The first-order valence-electron chi connectivity index (χ1n) is 10.4. The predicted molar refractivity (Wildman–Crippen MR) is 128 cm³/mol. The molecule has 1 N–H and O–H groups in total. The molecule has 0 aliphatic carbocycles. The molecule has 32 heavy (non-hydrogen) atoms. The number of anilines is 1. The summed E-state index contributed by atoms with van der Waals surface area (Å²) in [6.45, 7) is 2.47. The molecule has 0 bridgehead atoms. The number of nitrogens with zero attached hydrogens (tertiary/aromatic N) is 2. The molecule has 4 rings (SSSR count). The Morgan fingerprint density at radius 2 is 1.78 bits per heavy atom. The fourth-order valence-electron chi connectivity index (χ4n) is 3.49. The van der Waals surface area contributed by atoms with Crippen LogP contribution in [0.5, 0.6) is 5.75 Å². The summed E-state index contributed by atoms with van der Waals surface area (Å²) >= 11 is 3.49. The highest BCUT2D eigenvalue weighted by molar-refractivity contribution is 9.10. The highest BCUT2D eigenvalue weighted by Crippen LogP contribution is 2.26. The van der Waals surface area contributed by atoms with Crippen molar-refractivity contribution in [3.8, 4) is 5.75 Å². The molecule has 0 aromatic heterocycles. The smallest absolute Gasteiger partial charge is 0.271 e. The Balaban J connectivity index is 1.30. The van der Waals surface area contributed by atoms with Gasteiger partial charge in [-0.1, -0.05) is 12.1 Å². The SMILES string of the molecule is O=C(N/N=C\c1ccc(OCc2ccc(F)cc2)c(Br)c1)c1ccc(N2CCCC2)cc1. The monoisotopic (exact) mass is 495 g/mol. The van der Waals surface area contributed by atoms with E-state index in [1.807, 2.05) is 42.5 Å². The lowest BCUT2D eigenvalue weighted by molar-refractivity contribution is 0.0955. The number of benzene rings is 3. The molecule has 0 unspecified atom stereocenters. The van der Waals surface area contributed by atoms with Crippen LogP contribution in [-0.2, 0) is 6.61 Å². The van der Waals surface area contributed by atoms with Gasteiger partial charge in [-0.3, -0.25) is 4.79 Å². The average Bonchev–Trinajstić information content (AvgIpc) is 3.35. The summed E-state index contributed by atoms with van der Waals surface area (Å²) in [6.07, 6.45) is 4.01. The lowest BCUT2D eigenvalue weighted by atomic mass is 10.2. The van der Waals surface area contributed by atoms with Crippen molar-refractivity contribution in [1.29, 1.82) is 0 Å². The van der Waals surface area contributed by atoms with E-state index in [4.69, 9.17) is 4.74 Å². The Labute approximate surface area is 195 Å². The van der Waals surface area contributed by atoms with E-state index in [1.165, 1.54) is 25.0 Å². The van der Waals surface area contributed by atoms with Crippen LogP contribution < -0.4 is 15.1 Å². The molecule has 1 aliphatic heterocycles. The van der Waals surface area contributed by atoms with Crippen molar-refractivity contribution in [2.24, 2.45) is 5.10 Å². The summed E-state index contributed by atoms with van der Waals surface area (Å²) in [6, 6.07) is 19.3. The Morgan fingerprint density at radius 3 is 2.47 bits per heavy atom. The fraction of sp³-hybridized carbons (Fsp3) is 0.200. The zero-order chi connectivity index (χ0) is 22.3. The topological polar surface area (TPSA) is 53.9 Å². The summed E-state index contributed by atoms with van der Waals surface area (Å²) in [4.78, 5) is 14.7. The minimum absolute atomic E-state index is 0.257. The fourth-order valence-corrected chi connectivity index (χ4v) is 4.00. The van der Waals surface area contributed by atoms with Crippen molar-refractivity contribution in [1.82, 2.24) is 5.43 Å². The molecule has 0 atom stereocenters. The van der Waals surface area contributed by atoms with Gasteiger partial charge in [0, 0.05) is 24.3 Å². The standard InChI is InChI=1S/C25H23BrFN3O2/c26-23-15-19(5-12-24(23)32-17-18-3-8-21(27)9-4-18)16-28-29-25(31)20-6-10-22(11-7-20)30-13-1-2-14-30/h3-12,15-16H,1-2,13-14,17H2,(H,29,31)/b28-16-. The van der Waals surface area contributed by atoms with Crippen LogP contribution in [0.3, 0.4) is 0 Å². The maximum absolute atomic E-state index is 13.0. The van der Waals surface area contributed by atoms with Crippen molar-refractivity contribution < 1.29 is 13.9 Å². The van der Waals surface area contributed by atoms with Gasteiger partial charge < -0.3 is 9.64 Å². The Morgan fingerprint density at radius 1 is 1.06 bits per heavy atom. The molecule has 0 radical (unpaired) electrons. The normalized spacial score (nSPS) is 13.5. The largest absolute Gasteiger partial charge is 0.488 e. The maximum atomic E-state index is 13.0. The van der Waals surface area contributed by atoms with E-state index in [1.54, 1.807) is 18.3 Å². The average molecular weight is 496 g/mol. The number of hydrogen-bond donors (Lipinski definition) is 1. The van der Waals surface area contributed by atoms with Crippen molar-refractivity contribution in [3.63, 3.8) is 0 Å². The Hall–Kier alpha value is -3.19. The first kappa shape index (κ1) is 22.0. The highest BCUT2D eigenvalue weighted by Gasteiger charge is 2.13. The zero-order valence-electron chi connectivity index (χ0n) is 17.4. The molecule has 1 aliphatic rings. The molecule has 1 amide bonds. The van der Waals surface area contributed by atoms with Gasteiger partial charge in [0.15, 0.2) is 0 Å². The van der Waals surface area contributed by atoms with E-state index in [9.17, 15) is 9.18 Å². The van der Waals surface area contributed by atoms with Crippen LogP contribution in [0, 0.1) is 5.82 Å².